The summed E-state index contributed by atoms with van der Waals surface area (Å²) in [5.74, 6) is -0.485. The van der Waals surface area contributed by atoms with E-state index in [1.807, 2.05) is 0 Å². The molecular formula is C9H10N4O3. The van der Waals surface area contributed by atoms with Crippen LogP contribution in [0.25, 0.3) is 5.52 Å². The van der Waals surface area contributed by atoms with Crippen molar-refractivity contribution in [2.45, 2.75) is 13.5 Å². The summed E-state index contributed by atoms with van der Waals surface area (Å²) in [6.07, 6.45) is 2.86. The molecule has 7 nitrogen and oxygen atoms in total. The van der Waals surface area contributed by atoms with Crippen LogP contribution >= 0.6 is 0 Å². The number of hydrogen-bond acceptors (Lipinski definition) is 5. The van der Waals surface area contributed by atoms with E-state index in [0.29, 0.717) is 5.52 Å². The Labute approximate surface area is 90.3 Å². The van der Waals surface area contributed by atoms with Crippen LogP contribution in [0.15, 0.2) is 23.4 Å². The highest BCUT2D eigenvalue weighted by atomic mass is 16.5. The number of fused-ring (bicyclic) bond motifs is 1. The Morgan fingerprint density at radius 1 is 1.50 bits per heavy atom. The molecule has 0 aliphatic rings. The van der Waals surface area contributed by atoms with Crippen LogP contribution in [-0.4, -0.2) is 32.0 Å². The zero-order valence-electron chi connectivity index (χ0n) is 8.66. The third-order valence-electron chi connectivity index (χ3n) is 2.01. The van der Waals surface area contributed by atoms with E-state index in [2.05, 4.69) is 10.2 Å². The molecule has 0 aliphatic carbocycles. The summed E-state index contributed by atoms with van der Waals surface area (Å²) in [4.78, 5) is 23.0. The molecule has 0 unspecified atom stereocenters. The predicted molar refractivity (Wildman–Crippen MR) is 53.9 cm³/mol. The molecule has 0 aromatic carbocycles. The number of carbonyl (C=O) groups excluding carboxylic acids is 1. The lowest BCUT2D eigenvalue weighted by Crippen LogP contribution is -2.28. The first-order valence-electron chi connectivity index (χ1n) is 4.77. The van der Waals surface area contributed by atoms with Gasteiger partial charge in [0.2, 0.25) is 0 Å². The molecule has 2 aromatic heterocycles. The molecule has 0 amide bonds. The summed E-state index contributed by atoms with van der Waals surface area (Å²) in [5.41, 5.74) is 0.00681. The van der Waals surface area contributed by atoms with Gasteiger partial charge in [-0.15, -0.1) is 0 Å². The molecule has 0 spiro atoms. The fourth-order valence-corrected chi connectivity index (χ4v) is 1.31. The van der Waals surface area contributed by atoms with Gasteiger partial charge in [0.25, 0.3) is 5.56 Å². The highest BCUT2D eigenvalue weighted by Gasteiger charge is 2.08. The molecule has 0 saturated heterocycles. The van der Waals surface area contributed by atoms with Gasteiger partial charge in [0.15, 0.2) is 0 Å². The minimum Gasteiger partial charge on any atom is -0.465 e. The Morgan fingerprint density at radius 2 is 2.31 bits per heavy atom. The lowest BCUT2D eigenvalue weighted by atomic mass is 10.5. The Hall–Kier alpha value is -2.18. The summed E-state index contributed by atoms with van der Waals surface area (Å²) in [6.45, 7) is 1.80. The number of ether oxygens (including phenoxy) is 1. The van der Waals surface area contributed by atoms with Crippen molar-refractivity contribution in [3.63, 3.8) is 0 Å². The number of rotatable bonds is 3. The molecule has 2 rings (SSSR count). The second kappa shape index (κ2) is 4.13. The third kappa shape index (κ3) is 1.79. The van der Waals surface area contributed by atoms with Crippen molar-refractivity contribution in [1.82, 2.24) is 19.4 Å². The molecule has 0 aliphatic heterocycles. The van der Waals surface area contributed by atoms with E-state index < -0.39 is 5.97 Å². The van der Waals surface area contributed by atoms with Crippen LogP contribution < -0.4 is 5.56 Å². The molecule has 2 heterocycles. The van der Waals surface area contributed by atoms with Crippen LogP contribution in [0.3, 0.4) is 0 Å². The molecule has 0 radical (unpaired) electrons. The Bertz CT molecular complexity index is 571. The average Bonchev–Trinajstić information content (AvgIpc) is 2.71. The fourth-order valence-electron chi connectivity index (χ4n) is 1.31. The normalized spacial score (nSPS) is 10.6. The third-order valence-corrected chi connectivity index (χ3v) is 2.01. The maximum absolute atomic E-state index is 11.8. The van der Waals surface area contributed by atoms with E-state index in [1.165, 1.54) is 17.0 Å². The SMILES string of the molecule is CCOC(=O)Cn1ncn2nccc2c1=O. The number of carbonyl (C=O) groups is 1. The van der Waals surface area contributed by atoms with Crippen molar-refractivity contribution in [1.29, 1.82) is 0 Å². The van der Waals surface area contributed by atoms with Crippen molar-refractivity contribution in [2.75, 3.05) is 6.61 Å². The number of aromatic nitrogens is 4. The van der Waals surface area contributed by atoms with Crippen LogP contribution in [0.5, 0.6) is 0 Å². The van der Waals surface area contributed by atoms with Gasteiger partial charge in [0, 0.05) is 0 Å². The zero-order valence-corrected chi connectivity index (χ0v) is 8.66. The van der Waals surface area contributed by atoms with Gasteiger partial charge >= 0.3 is 5.97 Å². The predicted octanol–water partition coefficient (Wildman–Crippen LogP) is -0.546. The standard InChI is InChI=1S/C9H10N4O3/c1-2-16-8(14)5-12-9(15)7-3-4-10-13(7)6-11-12/h3-4,6H,2,5H2,1H3. The number of hydrogen-bond donors (Lipinski definition) is 0. The van der Waals surface area contributed by atoms with Gasteiger partial charge in [-0.1, -0.05) is 0 Å². The lowest BCUT2D eigenvalue weighted by Gasteiger charge is -2.03. The molecule has 84 valence electrons. The monoisotopic (exact) mass is 222 g/mol. The Morgan fingerprint density at radius 3 is 3.06 bits per heavy atom. The van der Waals surface area contributed by atoms with Crippen molar-refractivity contribution < 1.29 is 9.53 Å². The zero-order chi connectivity index (χ0) is 11.5. The first-order chi connectivity index (χ1) is 7.72. The summed E-state index contributed by atoms with van der Waals surface area (Å²) >= 11 is 0. The van der Waals surface area contributed by atoms with Crippen LogP contribution in [0.4, 0.5) is 0 Å². The van der Waals surface area contributed by atoms with Gasteiger partial charge in [-0.05, 0) is 13.0 Å². The molecule has 0 fully saturated rings. The van der Waals surface area contributed by atoms with E-state index in [9.17, 15) is 9.59 Å². The summed E-state index contributed by atoms with van der Waals surface area (Å²) < 4.78 is 7.14. The summed E-state index contributed by atoms with van der Waals surface area (Å²) in [5, 5.41) is 7.67. The first-order valence-corrected chi connectivity index (χ1v) is 4.77. The molecule has 0 bridgehead atoms. The molecule has 16 heavy (non-hydrogen) atoms. The van der Waals surface area contributed by atoms with Crippen molar-refractivity contribution in [3.8, 4) is 0 Å². The average molecular weight is 222 g/mol. The first kappa shape index (κ1) is 10.3. The van der Waals surface area contributed by atoms with Gasteiger partial charge in [0.1, 0.15) is 18.4 Å². The van der Waals surface area contributed by atoms with Crippen molar-refractivity contribution >= 4 is 11.5 Å². The van der Waals surface area contributed by atoms with Crippen molar-refractivity contribution in [2.24, 2.45) is 0 Å². The van der Waals surface area contributed by atoms with E-state index in [0.717, 1.165) is 4.68 Å². The fraction of sp³-hybridized carbons (Fsp3) is 0.333. The maximum Gasteiger partial charge on any atom is 0.327 e. The minimum absolute atomic E-state index is 0.186. The molecule has 0 N–H and O–H groups in total. The van der Waals surface area contributed by atoms with Gasteiger partial charge in [-0.3, -0.25) is 9.59 Å². The van der Waals surface area contributed by atoms with Crippen LogP contribution in [-0.2, 0) is 16.1 Å². The molecular weight excluding hydrogens is 212 g/mol. The van der Waals surface area contributed by atoms with E-state index in [1.54, 1.807) is 13.0 Å². The molecule has 2 aromatic rings. The van der Waals surface area contributed by atoms with E-state index in [-0.39, 0.29) is 18.7 Å². The highest BCUT2D eigenvalue weighted by molar-refractivity contribution is 5.69. The highest BCUT2D eigenvalue weighted by Crippen LogP contribution is 1.92. The summed E-state index contributed by atoms with van der Waals surface area (Å²) in [7, 11) is 0. The van der Waals surface area contributed by atoms with Gasteiger partial charge in [-0.2, -0.15) is 10.2 Å². The second-order valence-corrected chi connectivity index (χ2v) is 3.06. The number of nitrogens with zero attached hydrogens (tertiary/aromatic N) is 4. The smallest absolute Gasteiger partial charge is 0.327 e. The maximum atomic E-state index is 11.8. The van der Waals surface area contributed by atoms with Gasteiger partial charge < -0.3 is 4.74 Å². The van der Waals surface area contributed by atoms with E-state index in [4.69, 9.17) is 4.74 Å². The molecule has 0 saturated carbocycles. The van der Waals surface area contributed by atoms with Crippen LogP contribution in [0.1, 0.15) is 6.92 Å². The van der Waals surface area contributed by atoms with Crippen molar-refractivity contribution in [3.05, 3.63) is 28.9 Å². The van der Waals surface area contributed by atoms with E-state index >= 15 is 0 Å². The Balaban J connectivity index is 2.34. The lowest BCUT2D eigenvalue weighted by molar-refractivity contribution is -0.144. The molecule has 0 atom stereocenters. The Kier molecular flexibility index (Phi) is 2.67. The largest absolute Gasteiger partial charge is 0.465 e. The topological polar surface area (TPSA) is 78.5 Å². The summed E-state index contributed by atoms with van der Waals surface area (Å²) in [6, 6.07) is 1.56. The molecule has 7 heteroatoms. The quantitative estimate of drug-likeness (QED) is 0.651. The van der Waals surface area contributed by atoms with Crippen LogP contribution in [0, 0.1) is 0 Å². The van der Waals surface area contributed by atoms with Crippen LogP contribution in [0.2, 0.25) is 0 Å². The second-order valence-electron chi connectivity index (χ2n) is 3.06. The van der Waals surface area contributed by atoms with Gasteiger partial charge in [0.05, 0.1) is 12.8 Å². The minimum atomic E-state index is -0.485. The number of esters is 1. The van der Waals surface area contributed by atoms with Gasteiger partial charge in [-0.25, -0.2) is 9.20 Å².